The van der Waals surface area contributed by atoms with Gasteiger partial charge in [0.25, 0.3) is 0 Å². The second kappa shape index (κ2) is 3.62. The van der Waals surface area contributed by atoms with Crippen molar-refractivity contribution in [2.45, 2.75) is 5.75 Å². The van der Waals surface area contributed by atoms with Crippen LogP contribution in [0.15, 0.2) is 36.3 Å². The number of nitrogens with two attached hydrogens (primary N) is 1. The van der Waals surface area contributed by atoms with Crippen LogP contribution in [0.3, 0.4) is 0 Å². The highest BCUT2D eigenvalue weighted by molar-refractivity contribution is 7.93. The Hall–Kier alpha value is -1.29. The molecule has 13 heavy (non-hydrogen) atoms. The summed E-state index contributed by atoms with van der Waals surface area (Å²) in [6.45, 7) is 3.23. The molecule has 4 heteroatoms. The summed E-state index contributed by atoms with van der Waals surface area (Å²) in [5.41, 5.74) is 6.75. The molecule has 0 saturated heterocycles. The third-order valence-corrected chi connectivity index (χ3v) is 2.82. The van der Waals surface area contributed by atoms with E-state index in [0.717, 1.165) is 5.41 Å². The van der Waals surface area contributed by atoms with E-state index < -0.39 is 9.84 Å². The maximum Gasteiger partial charge on any atom is 0.175 e. The van der Waals surface area contributed by atoms with Gasteiger partial charge < -0.3 is 5.73 Å². The van der Waals surface area contributed by atoms with Crippen molar-refractivity contribution in [1.29, 1.82) is 0 Å². The smallest absolute Gasteiger partial charge is 0.175 e. The molecule has 0 saturated carbocycles. The Kier molecular flexibility index (Phi) is 2.72. The van der Waals surface area contributed by atoms with Crippen LogP contribution >= 0.6 is 0 Å². The Morgan fingerprint density at radius 1 is 1.46 bits per heavy atom. The fourth-order valence-corrected chi connectivity index (χ4v) is 1.74. The van der Waals surface area contributed by atoms with Gasteiger partial charge in [-0.05, 0) is 17.7 Å². The molecule has 0 radical (unpaired) electrons. The number of anilines is 1. The van der Waals surface area contributed by atoms with Gasteiger partial charge in [-0.3, -0.25) is 0 Å². The average molecular weight is 197 g/mol. The van der Waals surface area contributed by atoms with Gasteiger partial charge in [-0.15, -0.1) is 0 Å². The standard InChI is InChI=1S/C9H11NO2S/c1-2-13(11,12)7-8-4-3-5-9(10)6-8/h2-6H,1,7,10H2. The molecule has 70 valence electrons. The number of hydrogen-bond acceptors (Lipinski definition) is 3. The Morgan fingerprint density at radius 2 is 2.15 bits per heavy atom. The zero-order valence-corrected chi connectivity index (χ0v) is 7.92. The van der Waals surface area contributed by atoms with Gasteiger partial charge in [-0.2, -0.15) is 0 Å². The lowest BCUT2D eigenvalue weighted by atomic mass is 10.2. The molecule has 0 aliphatic heterocycles. The van der Waals surface area contributed by atoms with Crippen molar-refractivity contribution in [2.24, 2.45) is 0 Å². The lowest BCUT2D eigenvalue weighted by Gasteiger charge is -2.00. The molecule has 0 aromatic heterocycles. The number of nitrogen functional groups attached to an aromatic ring is 1. The van der Waals surface area contributed by atoms with E-state index >= 15 is 0 Å². The molecule has 0 spiro atoms. The minimum Gasteiger partial charge on any atom is -0.399 e. The van der Waals surface area contributed by atoms with E-state index in [-0.39, 0.29) is 5.75 Å². The summed E-state index contributed by atoms with van der Waals surface area (Å²) >= 11 is 0. The van der Waals surface area contributed by atoms with Crippen molar-refractivity contribution in [2.75, 3.05) is 5.73 Å². The summed E-state index contributed by atoms with van der Waals surface area (Å²) in [4.78, 5) is 0. The topological polar surface area (TPSA) is 60.2 Å². The second-order valence-electron chi connectivity index (χ2n) is 2.72. The molecule has 3 nitrogen and oxygen atoms in total. The van der Waals surface area contributed by atoms with Crippen LogP contribution in [0.4, 0.5) is 5.69 Å². The van der Waals surface area contributed by atoms with Crippen LogP contribution < -0.4 is 5.73 Å². The van der Waals surface area contributed by atoms with E-state index in [2.05, 4.69) is 6.58 Å². The van der Waals surface area contributed by atoms with Crippen LogP contribution in [0.1, 0.15) is 5.56 Å². The van der Waals surface area contributed by atoms with Gasteiger partial charge in [0.15, 0.2) is 9.84 Å². The molecule has 0 amide bonds. The van der Waals surface area contributed by atoms with Gasteiger partial charge in [-0.25, -0.2) is 8.42 Å². The van der Waals surface area contributed by atoms with Crippen molar-refractivity contribution in [3.8, 4) is 0 Å². The zero-order chi connectivity index (χ0) is 9.90. The maximum atomic E-state index is 11.1. The van der Waals surface area contributed by atoms with Crippen LogP contribution in [0.25, 0.3) is 0 Å². The summed E-state index contributed by atoms with van der Waals surface area (Å²) in [5, 5.41) is 0.955. The van der Waals surface area contributed by atoms with Crippen molar-refractivity contribution in [3.05, 3.63) is 41.8 Å². The first-order valence-corrected chi connectivity index (χ1v) is 5.44. The van der Waals surface area contributed by atoms with Gasteiger partial charge >= 0.3 is 0 Å². The molecule has 0 atom stereocenters. The van der Waals surface area contributed by atoms with E-state index in [1.807, 2.05) is 0 Å². The van der Waals surface area contributed by atoms with Crippen molar-refractivity contribution < 1.29 is 8.42 Å². The molecule has 1 aromatic carbocycles. The highest BCUT2D eigenvalue weighted by Crippen LogP contribution is 2.10. The van der Waals surface area contributed by atoms with E-state index in [4.69, 9.17) is 5.73 Å². The number of sulfone groups is 1. The van der Waals surface area contributed by atoms with Gasteiger partial charge in [0.2, 0.25) is 0 Å². The maximum absolute atomic E-state index is 11.1. The summed E-state index contributed by atoms with van der Waals surface area (Å²) in [7, 11) is -3.18. The average Bonchev–Trinajstić information content (AvgIpc) is 2.03. The van der Waals surface area contributed by atoms with E-state index in [0.29, 0.717) is 11.3 Å². The molecule has 0 bridgehead atoms. The second-order valence-corrected chi connectivity index (χ2v) is 4.67. The summed E-state index contributed by atoms with van der Waals surface area (Å²) in [5.74, 6) is -0.0401. The van der Waals surface area contributed by atoms with Gasteiger partial charge in [-0.1, -0.05) is 18.7 Å². The highest BCUT2D eigenvalue weighted by Gasteiger charge is 2.06. The van der Waals surface area contributed by atoms with Gasteiger partial charge in [0.05, 0.1) is 5.75 Å². The third-order valence-electron chi connectivity index (χ3n) is 1.57. The number of rotatable bonds is 3. The molecule has 2 N–H and O–H groups in total. The van der Waals surface area contributed by atoms with Crippen molar-refractivity contribution in [1.82, 2.24) is 0 Å². The van der Waals surface area contributed by atoms with Crippen LogP contribution in [0.5, 0.6) is 0 Å². The first-order chi connectivity index (χ1) is 6.03. The van der Waals surface area contributed by atoms with Gasteiger partial charge in [0.1, 0.15) is 0 Å². The highest BCUT2D eigenvalue weighted by atomic mass is 32.2. The Labute approximate surface area is 77.8 Å². The quantitative estimate of drug-likeness (QED) is 0.743. The molecule has 0 aliphatic rings. The Bertz CT molecular complexity index is 409. The molecule has 1 rings (SSSR count). The number of benzene rings is 1. The first-order valence-electron chi connectivity index (χ1n) is 3.73. The predicted octanol–water partition coefficient (Wildman–Crippen LogP) is 1.33. The Balaban J connectivity index is 2.93. The molecular formula is C9H11NO2S. The van der Waals surface area contributed by atoms with Crippen LogP contribution in [0.2, 0.25) is 0 Å². The van der Waals surface area contributed by atoms with E-state index in [1.54, 1.807) is 24.3 Å². The largest absolute Gasteiger partial charge is 0.399 e. The lowest BCUT2D eigenvalue weighted by Crippen LogP contribution is -1.99. The fourth-order valence-electron chi connectivity index (χ4n) is 0.974. The third kappa shape index (κ3) is 2.91. The molecule has 0 aliphatic carbocycles. The van der Waals surface area contributed by atoms with Crippen LogP contribution in [0, 0.1) is 0 Å². The predicted molar refractivity (Wildman–Crippen MR) is 53.7 cm³/mol. The van der Waals surface area contributed by atoms with E-state index in [9.17, 15) is 8.42 Å². The van der Waals surface area contributed by atoms with E-state index in [1.165, 1.54) is 0 Å². The van der Waals surface area contributed by atoms with Crippen molar-refractivity contribution >= 4 is 15.5 Å². The summed E-state index contributed by atoms with van der Waals surface area (Å²) in [6.07, 6.45) is 0. The Morgan fingerprint density at radius 3 is 2.69 bits per heavy atom. The minimum atomic E-state index is -3.18. The van der Waals surface area contributed by atoms with Crippen molar-refractivity contribution in [3.63, 3.8) is 0 Å². The SMILES string of the molecule is C=CS(=O)(=O)Cc1cccc(N)c1. The molecule has 0 unspecified atom stereocenters. The zero-order valence-electron chi connectivity index (χ0n) is 7.10. The minimum absolute atomic E-state index is 0.0401. The molecular weight excluding hydrogens is 186 g/mol. The first kappa shape index (κ1) is 9.80. The number of hydrogen-bond donors (Lipinski definition) is 1. The lowest BCUT2D eigenvalue weighted by molar-refractivity contribution is 0.604. The molecule has 0 fully saturated rings. The monoisotopic (exact) mass is 197 g/mol. The normalized spacial score (nSPS) is 11.1. The van der Waals surface area contributed by atoms with Crippen LogP contribution in [-0.4, -0.2) is 8.42 Å². The van der Waals surface area contributed by atoms with Crippen LogP contribution in [-0.2, 0) is 15.6 Å². The molecule has 0 heterocycles. The molecule has 1 aromatic rings. The van der Waals surface area contributed by atoms with Gasteiger partial charge in [0, 0.05) is 11.1 Å². The summed E-state index contributed by atoms with van der Waals surface area (Å²) in [6, 6.07) is 6.80. The fraction of sp³-hybridized carbons (Fsp3) is 0.111. The summed E-state index contributed by atoms with van der Waals surface area (Å²) < 4.78 is 22.2.